The summed E-state index contributed by atoms with van der Waals surface area (Å²) in [6.07, 6.45) is 4.95. The molecular weight excluding hydrogens is 338 g/mol. The van der Waals surface area contributed by atoms with Crippen LogP contribution in [-0.4, -0.2) is 11.1 Å². The van der Waals surface area contributed by atoms with Gasteiger partial charge in [-0.05, 0) is 55.4 Å². The van der Waals surface area contributed by atoms with Gasteiger partial charge in [0.2, 0.25) is 5.76 Å². The number of carbonyl (C=O) groups is 1. The van der Waals surface area contributed by atoms with Crippen molar-refractivity contribution in [3.63, 3.8) is 0 Å². The van der Waals surface area contributed by atoms with Crippen molar-refractivity contribution in [3.8, 4) is 0 Å². The molecule has 3 rings (SSSR count). The second-order valence-electron chi connectivity index (χ2n) is 6.51. The zero-order valence-electron chi connectivity index (χ0n) is 14.7. The molecule has 0 saturated heterocycles. The maximum atomic E-state index is 12.5. The lowest BCUT2D eigenvalue weighted by Gasteiger charge is -2.26. The van der Waals surface area contributed by atoms with Crippen molar-refractivity contribution < 1.29 is 9.32 Å². The molecule has 1 aromatic heterocycles. The fourth-order valence-electron chi connectivity index (χ4n) is 3.51. The van der Waals surface area contributed by atoms with E-state index in [1.807, 2.05) is 18.2 Å². The third kappa shape index (κ3) is 4.15. The monoisotopic (exact) mass is 363 g/mol. The number of rotatable bonds is 5. The van der Waals surface area contributed by atoms with Crippen LogP contribution in [0.15, 0.2) is 28.8 Å². The predicted molar refractivity (Wildman–Crippen MR) is 101 cm³/mol. The first-order valence-corrected chi connectivity index (χ1v) is 8.78. The van der Waals surface area contributed by atoms with Crippen molar-refractivity contribution in [1.29, 1.82) is 0 Å². The van der Waals surface area contributed by atoms with E-state index < -0.39 is 0 Å². The lowest BCUT2D eigenvalue weighted by atomic mass is 9.87. The number of halogens is 1. The molecule has 1 aromatic carbocycles. The predicted octanol–water partition coefficient (Wildman–Crippen LogP) is 4.39. The van der Waals surface area contributed by atoms with Crippen LogP contribution in [-0.2, 0) is 6.42 Å². The number of carbonyl (C=O) groups excluding carboxylic acids is 1. The highest BCUT2D eigenvalue weighted by molar-refractivity contribution is 5.91. The van der Waals surface area contributed by atoms with Gasteiger partial charge in [-0.1, -0.05) is 25.1 Å². The van der Waals surface area contributed by atoms with Gasteiger partial charge < -0.3 is 15.6 Å². The van der Waals surface area contributed by atoms with Crippen LogP contribution < -0.4 is 11.1 Å². The van der Waals surface area contributed by atoms with E-state index in [-0.39, 0.29) is 24.4 Å². The van der Waals surface area contributed by atoms with Crippen LogP contribution in [0.2, 0.25) is 0 Å². The molecule has 0 spiro atoms. The molecule has 0 fully saturated rings. The molecule has 0 aliphatic heterocycles. The number of nitrogens with two attached hydrogens (primary N) is 1. The lowest BCUT2D eigenvalue weighted by Crippen LogP contribution is -2.30. The molecule has 1 amide bonds. The van der Waals surface area contributed by atoms with Gasteiger partial charge in [-0.25, -0.2) is 0 Å². The van der Waals surface area contributed by atoms with Gasteiger partial charge in [-0.2, -0.15) is 0 Å². The normalized spacial score (nSPS) is 16.2. The molecule has 1 atom stereocenters. The van der Waals surface area contributed by atoms with Crippen molar-refractivity contribution in [3.05, 3.63) is 46.8 Å². The molecule has 1 aliphatic carbocycles. The Kier molecular flexibility index (Phi) is 6.48. The molecule has 6 heteroatoms. The topological polar surface area (TPSA) is 81.2 Å². The number of nitrogens with one attached hydrogen (secondary N) is 1. The van der Waals surface area contributed by atoms with E-state index in [1.54, 1.807) is 6.07 Å². The van der Waals surface area contributed by atoms with E-state index in [2.05, 4.69) is 24.3 Å². The minimum Gasteiger partial charge on any atom is -0.399 e. The zero-order chi connectivity index (χ0) is 17.1. The van der Waals surface area contributed by atoms with Crippen LogP contribution in [0.4, 0.5) is 5.69 Å². The van der Waals surface area contributed by atoms with Crippen LogP contribution in [0.25, 0.3) is 0 Å². The van der Waals surface area contributed by atoms with Gasteiger partial charge in [0.25, 0.3) is 5.91 Å². The van der Waals surface area contributed by atoms with Crippen LogP contribution in [0, 0.1) is 0 Å². The zero-order valence-corrected chi connectivity index (χ0v) is 15.6. The second kappa shape index (κ2) is 8.39. The molecule has 0 bridgehead atoms. The summed E-state index contributed by atoms with van der Waals surface area (Å²) in [6.45, 7) is 4.24. The third-order valence-electron chi connectivity index (χ3n) is 4.94. The van der Waals surface area contributed by atoms with Crippen molar-refractivity contribution in [2.24, 2.45) is 0 Å². The smallest absolute Gasteiger partial charge is 0.290 e. The molecule has 5 nitrogen and oxygen atoms in total. The highest BCUT2D eigenvalue weighted by Gasteiger charge is 2.24. The van der Waals surface area contributed by atoms with E-state index in [0.717, 1.165) is 49.0 Å². The third-order valence-corrected chi connectivity index (χ3v) is 4.94. The van der Waals surface area contributed by atoms with Crippen molar-refractivity contribution in [2.75, 3.05) is 5.73 Å². The molecule has 0 radical (unpaired) electrons. The maximum absolute atomic E-state index is 12.5. The van der Waals surface area contributed by atoms with Crippen LogP contribution in [0.3, 0.4) is 0 Å². The van der Waals surface area contributed by atoms with Crippen molar-refractivity contribution in [1.82, 2.24) is 10.5 Å². The van der Waals surface area contributed by atoms with Gasteiger partial charge in [0, 0.05) is 17.7 Å². The largest absolute Gasteiger partial charge is 0.399 e. The number of hydrogen-bond acceptors (Lipinski definition) is 4. The summed E-state index contributed by atoms with van der Waals surface area (Å²) in [7, 11) is 0. The van der Waals surface area contributed by atoms with Gasteiger partial charge in [-0.3, -0.25) is 4.79 Å². The Morgan fingerprint density at radius 1 is 1.36 bits per heavy atom. The molecule has 1 aliphatic rings. The van der Waals surface area contributed by atoms with E-state index in [4.69, 9.17) is 10.3 Å². The molecule has 0 saturated carbocycles. The Hall–Kier alpha value is -2.01. The molecule has 1 unspecified atom stereocenters. The Balaban J connectivity index is 0.00000225. The number of benzene rings is 1. The number of aryl methyl sites for hydroxylation is 1. The first kappa shape index (κ1) is 19.3. The lowest BCUT2D eigenvalue weighted by molar-refractivity contribution is 0.0895. The summed E-state index contributed by atoms with van der Waals surface area (Å²) in [5, 5.41) is 7.16. The fraction of sp³-hybridized carbons (Fsp3) is 0.474. The summed E-state index contributed by atoms with van der Waals surface area (Å²) in [4.78, 5) is 12.5. The van der Waals surface area contributed by atoms with E-state index >= 15 is 0 Å². The number of fused-ring (bicyclic) bond motifs is 1. The summed E-state index contributed by atoms with van der Waals surface area (Å²) >= 11 is 0. The maximum Gasteiger partial charge on any atom is 0.290 e. The van der Waals surface area contributed by atoms with E-state index in [9.17, 15) is 4.79 Å². The fourth-order valence-corrected chi connectivity index (χ4v) is 3.51. The molecule has 2 aromatic rings. The van der Waals surface area contributed by atoms with Crippen molar-refractivity contribution >= 4 is 24.0 Å². The van der Waals surface area contributed by atoms with E-state index in [1.165, 1.54) is 5.56 Å². The molecular formula is C19H26ClN3O2. The molecule has 1 heterocycles. The highest BCUT2D eigenvalue weighted by Crippen LogP contribution is 2.31. The number of hydrogen-bond donors (Lipinski definition) is 2. The summed E-state index contributed by atoms with van der Waals surface area (Å²) < 4.78 is 5.28. The first-order chi connectivity index (χ1) is 11.6. The quantitative estimate of drug-likeness (QED) is 0.772. The second-order valence-corrected chi connectivity index (χ2v) is 6.51. The minimum absolute atomic E-state index is 0. The summed E-state index contributed by atoms with van der Waals surface area (Å²) in [5.41, 5.74) is 9.88. The van der Waals surface area contributed by atoms with Crippen LogP contribution in [0.1, 0.15) is 78.9 Å². The average Bonchev–Trinajstić information content (AvgIpc) is 3.06. The van der Waals surface area contributed by atoms with Crippen LogP contribution >= 0.6 is 12.4 Å². The minimum atomic E-state index is -0.200. The van der Waals surface area contributed by atoms with Gasteiger partial charge >= 0.3 is 0 Å². The SMILES string of the molecule is CCC(CC)c1cc(C(=O)NC2CCCc3cc(N)ccc32)on1.Cl. The Morgan fingerprint density at radius 3 is 2.84 bits per heavy atom. The standard InChI is InChI=1S/C19H25N3O2.ClH/c1-3-12(4-2)17-11-18(24-22-17)19(23)21-16-7-5-6-13-10-14(20)8-9-15(13)16;/h8-12,16H,3-7,20H2,1-2H3,(H,21,23);1H. The van der Waals surface area contributed by atoms with Gasteiger partial charge in [0.05, 0.1) is 11.7 Å². The van der Waals surface area contributed by atoms with Gasteiger partial charge in [-0.15, -0.1) is 12.4 Å². The Labute approximate surface area is 154 Å². The number of amides is 1. The van der Waals surface area contributed by atoms with Crippen molar-refractivity contribution in [2.45, 2.75) is 57.9 Å². The number of nitrogen functional groups attached to an aromatic ring is 1. The molecule has 25 heavy (non-hydrogen) atoms. The number of anilines is 1. The van der Waals surface area contributed by atoms with Crippen LogP contribution in [0.5, 0.6) is 0 Å². The average molecular weight is 364 g/mol. The van der Waals surface area contributed by atoms with Gasteiger partial charge in [0.15, 0.2) is 0 Å². The highest BCUT2D eigenvalue weighted by atomic mass is 35.5. The van der Waals surface area contributed by atoms with Gasteiger partial charge in [0.1, 0.15) is 0 Å². The summed E-state index contributed by atoms with van der Waals surface area (Å²) in [5.74, 6) is 0.433. The summed E-state index contributed by atoms with van der Waals surface area (Å²) in [6, 6.07) is 7.70. The number of aromatic nitrogens is 1. The molecule has 136 valence electrons. The number of nitrogens with zero attached hydrogens (tertiary/aromatic N) is 1. The Morgan fingerprint density at radius 2 is 2.12 bits per heavy atom. The first-order valence-electron chi connectivity index (χ1n) is 8.78. The molecule has 3 N–H and O–H groups in total. The Bertz CT molecular complexity index is 725. The van der Waals surface area contributed by atoms with E-state index in [0.29, 0.717) is 11.7 Å².